The van der Waals surface area contributed by atoms with E-state index in [0.717, 1.165) is 31.7 Å². The fourth-order valence-electron chi connectivity index (χ4n) is 8.73. The number of thiophene rings is 1. The number of aryl methyl sites for hydroxylation is 2. The van der Waals surface area contributed by atoms with Crippen molar-refractivity contribution in [2.24, 2.45) is 36.1 Å². The Morgan fingerprint density at radius 1 is 1.04 bits per heavy atom. The molecule has 2 aliphatic carbocycles. The molecule has 0 radical (unpaired) electrons. The summed E-state index contributed by atoms with van der Waals surface area (Å²) in [4.78, 5) is 57.8. The van der Waals surface area contributed by atoms with Gasteiger partial charge >= 0.3 is 0 Å². The Balaban J connectivity index is 1.23. The molecule has 252 valence electrons. The van der Waals surface area contributed by atoms with Crippen LogP contribution in [-0.2, 0) is 26.2 Å². The average Bonchev–Trinajstić information content (AvgIpc) is 3.75. The third kappa shape index (κ3) is 4.50. The van der Waals surface area contributed by atoms with Crippen molar-refractivity contribution in [1.82, 2.24) is 14.8 Å². The standard InChI is InChI=1S/C36H33ClN4O7S/c1-17-23-14-19(37)6-11-27(23)49-31(17)26-16-28(39(3)38-26)40-33(44)25-15-24-21(9-10-22-29(24)34(45)41(47)32(22)43)30(36(25,2)35(40)46)18-4-7-20(8-5-18)48-13-12-42/h4-9,11,14,16,22,24-25,29-30,42,47H,10,12-13,15H2,1-3H3. The van der Waals surface area contributed by atoms with Crippen molar-refractivity contribution < 1.29 is 34.2 Å². The lowest BCUT2D eigenvalue weighted by Gasteiger charge is -2.49. The molecule has 2 saturated heterocycles. The maximum absolute atomic E-state index is 14.9. The van der Waals surface area contributed by atoms with Crippen molar-refractivity contribution >= 4 is 62.5 Å². The molecule has 6 unspecified atom stereocenters. The zero-order chi connectivity index (χ0) is 34.5. The molecule has 2 aromatic heterocycles. The molecular formula is C36H33ClN4O7S. The summed E-state index contributed by atoms with van der Waals surface area (Å²) in [5, 5.41) is 26.2. The lowest BCUT2D eigenvalue weighted by Crippen LogP contribution is -2.48. The van der Waals surface area contributed by atoms with Gasteiger partial charge in [-0.25, -0.2) is 4.90 Å². The van der Waals surface area contributed by atoms with E-state index in [-0.39, 0.29) is 37.0 Å². The fourth-order valence-corrected chi connectivity index (χ4v) is 10.0. The van der Waals surface area contributed by atoms with Gasteiger partial charge in [-0.15, -0.1) is 11.3 Å². The molecular weight excluding hydrogens is 668 g/mol. The number of rotatable bonds is 6. The van der Waals surface area contributed by atoms with Gasteiger partial charge in [0.25, 0.3) is 11.8 Å². The fraction of sp³-hybridized carbons (Fsp3) is 0.361. The molecule has 0 spiro atoms. The zero-order valence-corrected chi connectivity index (χ0v) is 28.5. The van der Waals surface area contributed by atoms with Crippen LogP contribution >= 0.6 is 22.9 Å². The third-order valence-electron chi connectivity index (χ3n) is 11.0. The zero-order valence-electron chi connectivity index (χ0n) is 26.9. The molecule has 8 rings (SSSR count). The van der Waals surface area contributed by atoms with Crippen LogP contribution in [0.3, 0.4) is 0 Å². The van der Waals surface area contributed by atoms with Crippen molar-refractivity contribution in [1.29, 1.82) is 0 Å². The van der Waals surface area contributed by atoms with E-state index in [1.807, 2.05) is 50.3 Å². The van der Waals surface area contributed by atoms with E-state index < -0.39 is 52.7 Å². The summed E-state index contributed by atoms with van der Waals surface area (Å²) >= 11 is 7.84. The second-order valence-electron chi connectivity index (χ2n) is 13.5. The number of benzene rings is 2. The summed E-state index contributed by atoms with van der Waals surface area (Å²) in [6.07, 6.45) is 2.34. The van der Waals surface area contributed by atoms with Crippen molar-refractivity contribution in [2.45, 2.75) is 32.6 Å². The summed E-state index contributed by atoms with van der Waals surface area (Å²) in [5.74, 6) is -4.74. The number of fused-ring (bicyclic) bond motifs is 5. The van der Waals surface area contributed by atoms with Crippen LogP contribution in [0.1, 0.15) is 36.8 Å². The summed E-state index contributed by atoms with van der Waals surface area (Å²) in [5.41, 5.74) is 1.95. The summed E-state index contributed by atoms with van der Waals surface area (Å²) in [6, 6.07) is 14.7. The van der Waals surface area contributed by atoms with Gasteiger partial charge in [-0.3, -0.25) is 29.1 Å². The van der Waals surface area contributed by atoms with Crippen molar-refractivity contribution in [3.8, 4) is 16.3 Å². The minimum absolute atomic E-state index is 0.121. The van der Waals surface area contributed by atoms with Gasteiger partial charge < -0.3 is 9.84 Å². The molecule has 2 aliphatic heterocycles. The Morgan fingerprint density at radius 3 is 2.53 bits per heavy atom. The number of hydrogen-bond acceptors (Lipinski definition) is 9. The number of hydroxylamine groups is 2. The second-order valence-corrected chi connectivity index (χ2v) is 15.0. The summed E-state index contributed by atoms with van der Waals surface area (Å²) in [7, 11) is 1.71. The van der Waals surface area contributed by atoms with Gasteiger partial charge in [0.15, 0.2) is 0 Å². The highest BCUT2D eigenvalue weighted by Gasteiger charge is 2.68. The molecule has 1 saturated carbocycles. The van der Waals surface area contributed by atoms with Gasteiger partial charge in [0.2, 0.25) is 11.8 Å². The van der Waals surface area contributed by atoms with E-state index in [0.29, 0.717) is 22.3 Å². The number of hydrogen-bond donors (Lipinski definition) is 2. The number of nitrogens with zero attached hydrogens (tertiary/aromatic N) is 4. The number of aromatic nitrogens is 2. The molecule has 4 heterocycles. The van der Waals surface area contributed by atoms with Crippen LogP contribution in [0.5, 0.6) is 5.75 Å². The number of ether oxygens (including phenoxy) is 1. The predicted molar refractivity (Wildman–Crippen MR) is 181 cm³/mol. The number of amides is 4. The van der Waals surface area contributed by atoms with Gasteiger partial charge in [0, 0.05) is 28.8 Å². The first-order valence-electron chi connectivity index (χ1n) is 16.2. The minimum Gasteiger partial charge on any atom is -0.491 e. The van der Waals surface area contributed by atoms with E-state index in [1.165, 1.54) is 4.90 Å². The Bertz CT molecular complexity index is 2120. The lowest BCUT2D eigenvalue weighted by atomic mass is 9.51. The number of aliphatic hydroxyl groups excluding tert-OH is 1. The Labute approximate surface area is 290 Å². The van der Waals surface area contributed by atoms with Gasteiger partial charge in [-0.1, -0.05) is 35.4 Å². The molecule has 4 amide bonds. The SMILES string of the molecule is Cc1c(-c2cc(N3C(=O)C4CC5C(=CCC6C(=O)N(O)C(=O)C65)C(c5ccc(OCCO)cc5)C4(C)C3=O)n(C)n2)sc2ccc(Cl)cc12. The number of anilines is 1. The maximum Gasteiger partial charge on any atom is 0.257 e. The van der Waals surface area contributed by atoms with Crippen LogP contribution in [0, 0.1) is 36.0 Å². The van der Waals surface area contributed by atoms with Crippen LogP contribution in [0.4, 0.5) is 5.82 Å². The Morgan fingerprint density at radius 2 is 1.80 bits per heavy atom. The summed E-state index contributed by atoms with van der Waals surface area (Å²) in [6.45, 7) is 3.79. The van der Waals surface area contributed by atoms with Crippen LogP contribution in [0.2, 0.25) is 5.02 Å². The molecule has 11 nitrogen and oxygen atoms in total. The van der Waals surface area contributed by atoms with Gasteiger partial charge in [0.1, 0.15) is 23.9 Å². The Hall–Kier alpha value is -4.36. The first-order valence-corrected chi connectivity index (χ1v) is 17.4. The highest BCUT2D eigenvalue weighted by Crippen LogP contribution is 2.63. The molecule has 2 aromatic carbocycles. The van der Waals surface area contributed by atoms with E-state index >= 15 is 0 Å². The molecule has 13 heteroatoms. The van der Waals surface area contributed by atoms with Crippen LogP contribution in [0.25, 0.3) is 20.7 Å². The first-order chi connectivity index (χ1) is 23.4. The van der Waals surface area contributed by atoms with Gasteiger partial charge in [-0.2, -0.15) is 10.2 Å². The smallest absolute Gasteiger partial charge is 0.257 e. The quantitative estimate of drug-likeness (QED) is 0.158. The average molecular weight is 701 g/mol. The number of allylic oxidation sites excluding steroid dienone is 2. The van der Waals surface area contributed by atoms with E-state index in [9.17, 15) is 29.5 Å². The van der Waals surface area contributed by atoms with Crippen molar-refractivity contribution in [3.63, 3.8) is 0 Å². The largest absolute Gasteiger partial charge is 0.491 e. The van der Waals surface area contributed by atoms with Crippen molar-refractivity contribution in [3.05, 3.63) is 76.3 Å². The number of halogens is 1. The molecule has 49 heavy (non-hydrogen) atoms. The predicted octanol–water partition coefficient (Wildman–Crippen LogP) is 5.25. The topological polar surface area (TPSA) is 142 Å². The minimum atomic E-state index is -1.24. The lowest BCUT2D eigenvalue weighted by molar-refractivity contribution is -0.173. The maximum atomic E-state index is 14.9. The van der Waals surface area contributed by atoms with Crippen LogP contribution in [0.15, 0.2) is 60.2 Å². The number of carbonyl (C=O) groups is 4. The highest BCUT2D eigenvalue weighted by atomic mass is 35.5. The van der Waals surface area contributed by atoms with Crippen LogP contribution in [-0.4, -0.2) is 62.0 Å². The van der Waals surface area contributed by atoms with Crippen LogP contribution < -0.4 is 9.64 Å². The monoisotopic (exact) mass is 700 g/mol. The molecule has 6 atom stereocenters. The third-order valence-corrected chi connectivity index (χ3v) is 12.6. The van der Waals surface area contributed by atoms with Gasteiger partial charge in [-0.05, 0) is 79.5 Å². The highest BCUT2D eigenvalue weighted by molar-refractivity contribution is 7.22. The molecule has 4 aromatic rings. The van der Waals surface area contributed by atoms with E-state index in [4.69, 9.17) is 21.4 Å². The second kappa shape index (κ2) is 11.3. The molecule has 3 fully saturated rings. The van der Waals surface area contributed by atoms with Gasteiger partial charge in [0.05, 0.1) is 34.7 Å². The molecule has 2 N–H and O–H groups in total. The first kappa shape index (κ1) is 31.9. The van der Waals surface area contributed by atoms with E-state index in [2.05, 4.69) is 0 Å². The summed E-state index contributed by atoms with van der Waals surface area (Å²) < 4.78 is 8.18. The van der Waals surface area contributed by atoms with E-state index in [1.54, 1.807) is 41.3 Å². The molecule has 4 aliphatic rings. The number of carbonyl (C=O) groups excluding carboxylic acids is 4. The number of aliphatic hydroxyl groups is 1. The van der Waals surface area contributed by atoms with Crippen molar-refractivity contribution in [2.75, 3.05) is 18.1 Å². The normalized spacial score (nSPS) is 27.9. The molecule has 0 bridgehead atoms. The Kier molecular flexibility index (Phi) is 7.38. The number of imide groups is 2.